The van der Waals surface area contributed by atoms with Gasteiger partial charge in [-0.3, -0.25) is 0 Å². The van der Waals surface area contributed by atoms with Gasteiger partial charge < -0.3 is 5.32 Å². The molecular weight excluding hydrogens is 230 g/mol. The first-order chi connectivity index (χ1) is 8.42. The van der Waals surface area contributed by atoms with E-state index < -0.39 is 0 Å². The fourth-order valence-corrected chi connectivity index (χ4v) is 2.28. The van der Waals surface area contributed by atoms with Crippen molar-refractivity contribution in [1.29, 1.82) is 0 Å². The van der Waals surface area contributed by atoms with Gasteiger partial charge in [0.1, 0.15) is 0 Å². The smallest absolute Gasteiger partial charge is 0.0706 e. The molecule has 0 aliphatic rings. The highest BCUT2D eigenvalue weighted by Gasteiger charge is 2.01. The van der Waals surface area contributed by atoms with Crippen LogP contribution in [0, 0.1) is 0 Å². The standard InChI is InChI=1S/C13H17N3S/c1-2-8-17-9-6-14-10-12-11-15-16-7-4-3-5-13(12)16/h2-5,7,11,14H,1,6,8-10H2. The van der Waals surface area contributed by atoms with Crippen LogP contribution in [0.2, 0.25) is 0 Å². The zero-order chi connectivity index (χ0) is 11.9. The molecule has 2 aromatic heterocycles. The Morgan fingerprint density at radius 2 is 2.41 bits per heavy atom. The van der Waals surface area contributed by atoms with Crippen LogP contribution < -0.4 is 5.32 Å². The van der Waals surface area contributed by atoms with Crippen LogP contribution in [0.25, 0.3) is 5.52 Å². The minimum absolute atomic E-state index is 0.877. The van der Waals surface area contributed by atoms with Gasteiger partial charge in [0.2, 0.25) is 0 Å². The van der Waals surface area contributed by atoms with Crippen LogP contribution in [-0.2, 0) is 6.54 Å². The summed E-state index contributed by atoms with van der Waals surface area (Å²) in [5.41, 5.74) is 2.43. The average molecular weight is 247 g/mol. The molecule has 1 N–H and O–H groups in total. The minimum Gasteiger partial charge on any atom is -0.312 e. The predicted molar refractivity (Wildman–Crippen MR) is 74.4 cm³/mol. The lowest BCUT2D eigenvalue weighted by atomic mass is 10.2. The molecule has 2 rings (SSSR count). The monoisotopic (exact) mass is 247 g/mol. The van der Waals surface area contributed by atoms with Crippen molar-refractivity contribution in [1.82, 2.24) is 14.9 Å². The number of nitrogens with zero attached hydrogens (tertiary/aromatic N) is 2. The van der Waals surface area contributed by atoms with Gasteiger partial charge >= 0.3 is 0 Å². The summed E-state index contributed by atoms with van der Waals surface area (Å²) < 4.78 is 1.91. The van der Waals surface area contributed by atoms with Crippen LogP contribution in [0.15, 0.2) is 43.2 Å². The maximum Gasteiger partial charge on any atom is 0.0706 e. The number of rotatable bonds is 7. The summed E-state index contributed by atoms with van der Waals surface area (Å²) in [5, 5.41) is 7.74. The number of aromatic nitrogens is 2. The summed E-state index contributed by atoms with van der Waals surface area (Å²) in [6.07, 6.45) is 5.84. The Bertz CT molecular complexity index is 478. The fraction of sp³-hybridized carbons (Fsp3) is 0.308. The molecule has 0 saturated heterocycles. The highest BCUT2D eigenvalue weighted by atomic mass is 32.2. The SMILES string of the molecule is C=CCSCCNCc1cnn2ccccc12. The second kappa shape index (κ2) is 6.47. The van der Waals surface area contributed by atoms with Crippen LogP contribution in [0.5, 0.6) is 0 Å². The first-order valence-electron chi connectivity index (χ1n) is 5.72. The molecule has 0 fully saturated rings. The van der Waals surface area contributed by atoms with Crippen molar-refractivity contribution in [2.45, 2.75) is 6.54 Å². The quantitative estimate of drug-likeness (QED) is 0.601. The number of pyridine rings is 1. The van der Waals surface area contributed by atoms with Crippen LogP contribution in [0.3, 0.4) is 0 Å². The molecule has 0 aromatic carbocycles. The van der Waals surface area contributed by atoms with Gasteiger partial charge in [0, 0.05) is 36.4 Å². The molecule has 2 aromatic rings. The van der Waals surface area contributed by atoms with E-state index in [9.17, 15) is 0 Å². The van der Waals surface area contributed by atoms with Crippen molar-refractivity contribution in [3.8, 4) is 0 Å². The van der Waals surface area contributed by atoms with Crippen molar-refractivity contribution < 1.29 is 0 Å². The lowest BCUT2D eigenvalue weighted by molar-refractivity contribution is 0.736. The van der Waals surface area contributed by atoms with Gasteiger partial charge in [-0.2, -0.15) is 16.9 Å². The molecule has 4 heteroatoms. The number of thioether (sulfide) groups is 1. The first kappa shape index (κ1) is 12.2. The molecule has 0 bridgehead atoms. The fourth-order valence-electron chi connectivity index (χ4n) is 1.66. The van der Waals surface area contributed by atoms with Crippen molar-refractivity contribution >= 4 is 17.3 Å². The number of fused-ring (bicyclic) bond motifs is 1. The summed E-state index contributed by atoms with van der Waals surface area (Å²) in [4.78, 5) is 0. The van der Waals surface area contributed by atoms with Crippen molar-refractivity contribution in [2.75, 3.05) is 18.1 Å². The third-order valence-electron chi connectivity index (χ3n) is 2.48. The summed E-state index contributed by atoms with van der Waals surface area (Å²) in [6.45, 7) is 5.59. The third-order valence-corrected chi connectivity index (χ3v) is 3.44. The molecule has 0 radical (unpaired) electrons. The highest BCUT2D eigenvalue weighted by Crippen LogP contribution is 2.09. The van der Waals surface area contributed by atoms with E-state index in [1.165, 1.54) is 11.1 Å². The summed E-state index contributed by atoms with van der Waals surface area (Å²) in [7, 11) is 0. The van der Waals surface area contributed by atoms with Crippen LogP contribution in [0.4, 0.5) is 0 Å². The van der Waals surface area contributed by atoms with E-state index in [1.807, 2.05) is 46.9 Å². The number of nitrogens with one attached hydrogen (secondary N) is 1. The van der Waals surface area contributed by atoms with Gasteiger partial charge in [-0.1, -0.05) is 12.1 Å². The number of hydrogen-bond acceptors (Lipinski definition) is 3. The van der Waals surface area contributed by atoms with Gasteiger partial charge in [-0.15, -0.1) is 6.58 Å². The third kappa shape index (κ3) is 3.35. The Morgan fingerprint density at radius 3 is 3.29 bits per heavy atom. The van der Waals surface area contributed by atoms with E-state index >= 15 is 0 Å². The molecule has 0 aliphatic heterocycles. The molecule has 90 valence electrons. The van der Waals surface area contributed by atoms with Crippen molar-refractivity contribution in [3.05, 3.63) is 48.8 Å². The second-order valence-electron chi connectivity index (χ2n) is 3.74. The lowest BCUT2D eigenvalue weighted by Gasteiger charge is -2.02. The Balaban J connectivity index is 1.81. The highest BCUT2D eigenvalue weighted by molar-refractivity contribution is 7.99. The molecule has 0 saturated carbocycles. The molecule has 17 heavy (non-hydrogen) atoms. The molecule has 0 atom stereocenters. The maximum atomic E-state index is 4.31. The van der Waals surface area contributed by atoms with Crippen molar-refractivity contribution in [3.63, 3.8) is 0 Å². The van der Waals surface area contributed by atoms with Gasteiger partial charge in [0.15, 0.2) is 0 Å². The zero-order valence-corrected chi connectivity index (χ0v) is 10.6. The van der Waals surface area contributed by atoms with Crippen LogP contribution in [0.1, 0.15) is 5.56 Å². The second-order valence-corrected chi connectivity index (χ2v) is 4.89. The largest absolute Gasteiger partial charge is 0.312 e. The van der Waals surface area contributed by atoms with Crippen molar-refractivity contribution in [2.24, 2.45) is 0 Å². The molecule has 3 nitrogen and oxygen atoms in total. The molecule has 0 unspecified atom stereocenters. The molecule has 0 amide bonds. The van der Waals surface area contributed by atoms with Gasteiger partial charge in [0.05, 0.1) is 11.7 Å². The molecular formula is C13H17N3S. The van der Waals surface area contributed by atoms with E-state index in [1.54, 1.807) is 0 Å². The van der Waals surface area contributed by atoms with E-state index in [0.717, 1.165) is 24.6 Å². The molecule has 2 heterocycles. The van der Waals surface area contributed by atoms with E-state index in [-0.39, 0.29) is 0 Å². The normalized spacial score (nSPS) is 10.8. The minimum atomic E-state index is 0.877. The topological polar surface area (TPSA) is 29.3 Å². The van der Waals surface area contributed by atoms with E-state index in [4.69, 9.17) is 0 Å². The Labute approximate surface area is 106 Å². The molecule has 0 spiro atoms. The summed E-state index contributed by atoms with van der Waals surface area (Å²) in [6, 6.07) is 6.13. The Morgan fingerprint density at radius 1 is 1.47 bits per heavy atom. The first-order valence-corrected chi connectivity index (χ1v) is 6.88. The Hall–Kier alpha value is -1.26. The van der Waals surface area contributed by atoms with Gasteiger partial charge in [-0.25, -0.2) is 4.52 Å². The number of hydrogen-bond donors (Lipinski definition) is 1. The van der Waals surface area contributed by atoms with Crippen LogP contribution in [-0.4, -0.2) is 27.7 Å². The lowest BCUT2D eigenvalue weighted by Crippen LogP contribution is -2.16. The predicted octanol–water partition coefficient (Wildman–Crippen LogP) is 2.34. The summed E-state index contributed by atoms with van der Waals surface area (Å²) >= 11 is 1.89. The van der Waals surface area contributed by atoms with E-state index in [2.05, 4.69) is 23.1 Å². The average Bonchev–Trinajstić information content (AvgIpc) is 2.77. The van der Waals surface area contributed by atoms with Crippen LogP contribution >= 0.6 is 11.8 Å². The van der Waals surface area contributed by atoms with E-state index in [0.29, 0.717) is 0 Å². The summed E-state index contributed by atoms with van der Waals surface area (Å²) in [5.74, 6) is 2.14. The van der Waals surface area contributed by atoms with Gasteiger partial charge in [0.25, 0.3) is 0 Å². The Kier molecular flexibility index (Phi) is 4.64. The maximum absolute atomic E-state index is 4.31. The van der Waals surface area contributed by atoms with Gasteiger partial charge in [-0.05, 0) is 12.1 Å². The molecule has 0 aliphatic carbocycles. The zero-order valence-electron chi connectivity index (χ0n) is 9.80.